The zero-order valence-corrected chi connectivity index (χ0v) is 20.9. The van der Waals surface area contributed by atoms with Gasteiger partial charge in [0.2, 0.25) is 0 Å². The minimum atomic E-state index is -0.800. The molecule has 1 aromatic heterocycles. The molecule has 0 unspecified atom stereocenters. The molecule has 3 aromatic rings. The second kappa shape index (κ2) is 11.5. The van der Waals surface area contributed by atoms with E-state index < -0.39 is 17.8 Å². The van der Waals surface area contributed by atoms with Crippen LogP contribution in [0.4, 0.5) is 4.79 Å². The van der Waals surface area contributed by atoms with E-state index in [1.165, 1.54) is 25.0 Å². The van der Waals surface area contributed by atoms with Crippen LogP contribution in [0.1, 0.15) is 28.9 Å². The average molecular weight is 505 g/mol. The molecule has 1 saturated heterocycles. The maximum Gasteiger partial charge on any atom is 0.331 e. The van der Waals surface area contributed by atoms with Crippen molar-refractivity contribution >= 4 is 23.9 Å². The first-order chi connectivity index (χ1) is 17.9. The summed E-state index contributed by atoms with van der Waals surface area (Å²) >= 11 is 0. The molecule has 0 spiro atoms. The fourth-order valence-corrected chi connectivity index (χ4v) is 3.84. The summed E-state index contributed by atoms with van der Waals surface area (Å²) in [6, 6.07) is 13.6. The minimum absolute atomic E-state index is 0.0917. The van der Waals surface area contributed by atoms with E-state index in [1.54, 1.807) is 30.3 Å². The molecule has 1 fully saturated rings. The van der Waals surface area contributed by atoms with E-state index in [2.05, 4.69) is 11.4 Å². The Labute approximate surface area is 214 Å². The molecule has 1 aliphatic rings. The van der Waals surface area contributed by atoms with Crippen LogP contribution in [0.5, 0.6) is 17.2 Å². The van der Waals surface area contributed by atoms with E-state index in [-0.39, 0.29) is 12.1 Å². The maximum absolute atomic E-state index is 12.9. The summed E-state index contributed by atoms with van der Waals surface area (Å²) in [4.78, 5) is 38.4. The van der Waals surface area contributed by atoms with Gasteiger partial charge in [-0.1, -0.05) is 23.8 Å². The number of carbonyl (C=O) groups is 3. The molecular formula is C28H28N2O7. The van der Waals surface area contributed by atoms with Crippen molar-refractivity contribution in [1.82, 2.24) is 10.2 Å². The molecule has 192 valence electrons. The van der Waals surface area contributed by atoms with Gasteiger partial charge < -0.3 is 18.6 Å². The van der Waals surface area contributed by atoms with E-state index in [0.29, 0.717) is 42.5 Å². The van der Waals surface area contributed by atoms with Crippen molar-refractivity contribution in [3.63, 3.8) is 0 Å². The van der Waals surface area contributed by atoms with Crippen LogP contribution in [-0.2, 0) is 16.1 Å². The summed E-state index contributed by atoms with van der Waals surface area (Å²) in [6.45, 7) is 4.87. The number of aryl methyl sites for hydroxylation is 2. The molecule has 37 heavy (non-hydrogen) atoms. The van der Waals surface area contributed by atoms with Crippen LogP contribution in [-0.4, -0.2) is 43.1 Å². The Morgan fingerprint density at radius 1 is 0.946 bits per heavy atom. The zero-order valence-electron chi connectivity index (χ0n) is 20.9. The monoisotopic (exact) mass is 504 g/mol. The summed E-state index contributed by atoms with van der Waals surface area (Å²) in [7, 11) is 1.50. The van der Waals surface area contributed by atoms with Crippen molar-refractivity contribution in [3.8, 4) is 17.2 Å². The topological polar surface area (TPSA) is 107 Å². The standard InChI is InChI=1S/C28H28N2O7/c1-18-7-9-23(19(2)14-18)36-12-5-13-37-24-10-8-20(16-25(24)34-3)15-22-26(31)29-28(33)30(27(22)32)17-21-6-4-11-35-21/h4,6-11,14-16H,5,12-13,17H2,1-3H3,(H,29,31,33). The van der Waals surface area contributed by atoms with Crippen molar-refractivity contribution in [2.45, 2.75) is 26.8 Å². The molecule has 0 aliphatic carbocycles. The van der Waals surface area contributed by atoms with E-state index in [0.717, 1.165) is 16.2 Å². The summed E-state index contributed by atoms with van der Waals surface area (Å²) in [5, 5.41) is 2.19. The van der Waals surface area contributed by atoms with Gasteiger partial charge in [-0.05, 0) is 61.4 Å². The van der Waals surface area contributed by atoms with Crippen LogP contribution in [0.15, 0.2) is 64.8 Å². The number of rotatable bonds is 10. The van der Waals surface area contributed by atoms with Crippen LogP contribution in [0.2, 0.25) is 0 Å². The van der Waals surface area contributed by atoms with Crippen LogP contribution in [0.3, 0.4) is 0 Å². The van der Waals surface area contributed by atoms with E-state index in [1.807, 2.05) is 26.0 Å². The number of hydrogen-bond acceptors (Lipinski definition) is 7. The van der Waals surface area contributed by atoms with Gasteiger partial charge in [0.15, 0.2) is 11.5 Å². The number of urea groups is 1. The lowest BCUT2D eigenvalue weighted by Crippen LogP contribution is -2.53. The average Bonchev–Trinajstić information content (AvgIpc) is 3.39. The third-order valence-electron chi connectivity index (χ3n) is 5.71. The highest BCUT2D eigenvalue weighted by Gasteiger charge is 2.36. The number of nitrogens with zero attached hydrogens (tertiary/aromatic N) is 1. The SMILES string of the molecule is COc1cc(C=C2C(=O)NC(=O)N(Cc3ccco3)C2=O)ccc1OCCCOc1ccc(C)cc1C. The third-order valence-corrected chi connectivity index (χ3v) is 5.71. The number of barbiturate groups is 1. The quantitative estimate of drug-likeness (QED) is 0.247. The number of furan rings is 1. The molecule has 0 radical (unpaired) electrons. The zero-order chi connectivity index (χ0) is 26.4. The number of hydrogen-bond donors (Lipinski definition) is 1. The van der Waals surface area contributed by atoms with Crippen molar-refractivity contribution in [3.05, 3.63) is 82.8 Å². The van der Waals surface area contributed by atoms with Crippen LogP contribution in [0, 0.1) is 13.8 Å². The Bertz CT molecular complexity index is 1330. The van der Waals surface area contributed by atoms with Gasteiger partial charge in [-0.3, -0.25) is 19.8 Å². The van der Waals surface area contributed by atoms with Gasteiger partial charge in [0.1, 0.15) is 17.1 Å². The van der Waals surface area contributed by atoms with Gasteiger partial charge in [0.05, 0.1) is 33.1 Å². The molecule has 9 heteroatoms. The Kier molecular flexibility index (Phi) is 7.92. The predicted molar refractivity (Wildman–Crippen MR) is 135 cm³/mol. The van der Waals surface area contributed by atoms with Gasteiger partial charge in [-0.25, -0.2) is 4.79 Å². The van der Waals surface area contributed by atoms with Gasteiger partial charge in [-0.15, -0.1) is 0 Å². The van der Waals surface area contributed by atoms with Gasteiger partial charge in [0, 0.05) is 6.42 Å². The molecule has 9 nitrogen and oxygen atoms in total. The molecule has 0 saturated carbocycles. The summed E-state index contributed by atoms with van der Waals surface area (Å²) in [5.74, 6) is 0.746. The van der Waals surface area contributed by atoms with E-state index in [4.69, 9.17) is 18.6 Å². The highest BCUT2D eigenvalue weighted by Crippen LogP contribution is 2.30. The lowest BCUT2D eigenvalue weighted by molar-refractivity contribution is -0.130. The minimum Gasteiger partial charge on any atom is -0.493 e. The molecule has 4 amide bonds. The Morgan fingerprint density at radius 3 is 2.41 bits per heavy atom. The first kappa shape index (κ1) is 25.6. The number of benzene rings is 2. The normalized spacial score (nSPS) is 14.6. The summed E-state index contributed by atoms with van der Waals surface area (Å²) in [5.41, 5.74) is 2.64. The van der Waals surface area contributed by atoms with Crippen LogP contribution < -0.4 is 19.5 Å². The number of nitrogens with one attached hydrogen (secondary N) is 1. The number of carbonyl (C=O) groups excluding carboxylic acids is 3. The largest absolute Gasteiger partial charge is 0.493 e. The number of amides is 4. The highest BCUT2D eigenvalue weighted by molar-refractivity contribution is 6.30. The number of imide groups is 2. The van der Waals surface area contributed by atoms with Crippen LogP contribution >= 0.6 is 0 Å². The molecule has 2 aromatic carbocycles. The molecule has 2 heterocycles. The van der Waals surface area contributed by atoms with Crippen molar-refractivity contribution in [1.29, 1.82) is 0 Å². The van der Waals surface area contributed by atoms with Crippen molar-refractivity contribution in [2.75, 3.05) is 20.3 Å². The molecule has 4 rings (SSSR count). The molecule has 1 N–H and O–H groups in total. The molecule has 1 aliphatic heterocycles. The Morgan fingerprint density at radius 2 is 1.70 bits per heavy atom. The van der Waals surface area contributed by atoms with Gasteiger partial charge in [0.25, 0.3) is 11.8 Å². The second-order valence-corrected chi connectivity index (χ2v) is 8.52. The lowest BCUT2D eigenvalue weighted by Gasteiger charge is -2.25. The van der Waals surface area contributed by atoms with E-state index >= 15 is 0 Å². The number of ether oxygens (including phenoxy) is 3. The summed E-state index contributed by atoms with van der Waals surface area (Å²) in [6.07, 6.45) is 3.51. The van der Waals surface area contributed by atoms with Crippen molar-refractivity contribution < 1.29 is 33.0 Å². The first-order valence-corrected chi connectivity index (χ1v) is 11.8. The smallest absolute Gasteiger partial charge is 0.331 e. The van der Waals surface area contributed by atoms with E-state index in [9.17, 15) is 14.4 Å². The van der Waals surface area contributed by atoms with Gasteiger partial charge in [-0.2, -0.15) is 0 Å². The lowest BCUT2D eigenvalue weighted by atomic mass is 10.1. The first-order valence-electron chi connectivity index (χ1n) is 11.8. The Balaban J connectivity index is 1.39. The third kappa shape index (κ3) is 6.19. The van der Waals surface area contributed by atoms with Crippen molar-refractivity contribution in [2.24, 2.45) is 0 Å². The highest BCUT2D eigenvalue weighted by atomic mass is 16.5. The second-order valence-electron chi connectivity index (χ2n) is 8.52. The molecule has 0 atom stereocenters. The molecular weight excluding hydrogens is 476 g/mol. The number of methoxy groups -OCH3 is 1. The van der Waals surface area contributed by atoms with Crippen LogP contribution in [0.25, 0.3) is 6.08 Å². The maximum atomic E-state index is 12.9. The molecule has 0 bridgehead atoms. The fraction of sp³-hybridized carbons (Fsp3) is 0.250. The van der Waals surface area contributed by atoms with Gasteiger partial charge >= 0.3 is 6.03 Å². The Hall–Kier alpha value is -4.53. The fourth-order valence-electron chi connectivity index (χ4n) is 3.84. The summed E-state index contributed by atoms with van der Waals surface area (Å²) < 4.78 is 22.4. The predicted octanol–water partition coefficient (Wildman–Crippen LogP) is 4.41.